The third-order valence-corrected chi connectivity index (χ3v) is 5.53. The number of hydrogen-bond donors (Lipinski definition) is 0. The van der Waals surface area contributed by atoms with Crippen LogP contribution in [0.3, 0.4) is 0 Å². The van der Waals surface area contributed by atoms with Crippen molar-refractivity contribution in [1.82, 2.24) is 0 Å². The summed E-state index contributed by atoms with van der Waals surface area (Å²) >= 11 is 0. The molecule has 4 heteroatoms. The van der Waals surface area contributed by atoms with Gasteiger partial charge in [0.25, 0.3) is 0 Å². The minimum Gasteiger partial charge on any atom is -1.00 e. The molecule has 0 saturated carbocycles. The number of fused-ring (bicyclic) bond motifs is 2. The molecule has 0 atom stereocenters. The summed E-state index contributed by atoms with van der Waals surface area (Å²) in [5.41, 5.74) is 5.21. The van der Waals surface area contributed by atoms with E-state index in [9.17, 15) is 0 Å². The van der Waals surface area contributed by atoms with Crippen LogP contribution in [-0.2, 0) is 52.4 Å². The third kappa shape index (κ3) is 6.77. The maximum atomic E-state index is 2.18. The van der Waals surface area contributed by atoms with Gasteiger partial charge in [0.2, 0.25) is 0 Å². The number of benzene rings is 4. The molecule has 0 radical (unpaired) electrons. The largest absolute Gasteiger partial charge is 2.00 e. The molecular formula is C30H22Cl2Zr2. The Bertz CT molecular complexity index is 1280. The van der Waals surface area contributed by atoms with Crippen LogP contribution in [0, 0.1) is 0 Å². The average Bonchev–Trinajstić information content (AvgIpc) is 3.50. The van der Waals surface area contributed by atoms with Gasteiger partial charge in [0, 0.05) is 0 Å². The van der Waals surface area contributed by atoms with Gasteiger partial charge in [-0.25, -0.2) is 0 Å². The van der Waals surface area contributed by atoms with Crippen LogP contribution in [0.1, 0.15) is 0 Å². The predicted octanol–water partition coefficient (Wildman–Crippen LogP) is 2.45. The quantitative estimate of drug-likeness (QED) is 0.257. The molecule has 0 amide bonds. The fourth-order valence-electron chi connectivity index (χ4n) is 4.06. The second-order valence-corrected chi connectivity index (χ2v) is 7.40. The van der Waals surface area contributed by atoms with Gasteiger partial charge < -0.3 is 24.8 Å². The van der Waals surface area contributed by atoms with Crippen LogP contribution in [0.5, 0.6) is 0 Å². The van der Waals surface area contributed by atoms with Crippen LogP contribution < -0.4 is 24.8 Å². The Labute approximate surface area is 252 Å². The molecule has 164 valence electrons. The minimum absolute atomic E-state index is 0. The maximum Gasteiger partial charge on any atom is 2.00 e. The molecule has 34 heavy (non-hydrogen) atoms. The van der Waals surface area contributed by atoms with Gasteiger partial charge in [-0.2, -0.15) is 24.3 Å². The first-order valence-electron chi connectivity index (χ1n) is 10.3. The topological polar surface area (TPSA) is 0 Å². The molecule has 0 aliphatic carbocycles. The van der Waals surface area contributed by atoms with Gasteiger partial charge >= 0.3 is 52.4 Å². The van der Waals surface area contributed by atoms with E-state index in [2.05, 4.69) is 133 Å². The van der Waals surface area contributed by atoms with Crippen molar-refractivity contribution >= 4 is 21.5 Å². The van der Waals surface area contributed by atoms with Crippen molar-refractivity contribution in [3.63, 3.8) is 0 Å². The Balaban J connectivity index is 0.000000304. The summed E-state index contributed by atoms with van der Waals surface area (Å²) in [5.74, 6) is 0. The second-order valence-electron chi connectivity index (χ2n) is 7.40. The minimum atomic E-state index is 0. The van der Waals surface area contributed by atoms with Gasteiger partial charge in [0.05, 0.1) is 0 Å². The second kappa shape index (κ2) is 14.8. The van der Waals surface area contributed by atoms with E-state index in [1.165, 1.54) is 43.8 Å². The predicted molar refractivity (Wildman–Crippen MR) is 130 cm³/mol. The Morgan fingerprint density at radius 2 is 0.765 bits per heavy atom. The van der Waals surface area contributed by atoms with E-state index in [1.807, 2.05) is 0 Å². The average molecular weight is 636 g/mol. The molecule has 0 aliphatic rings. The van der Waals surface area contributed by atoms with E-state index in [1.54, 1.807) is 0 Å². The summed E-state index contributed by atoms with van der Waals surface area (Å²) in [5, 5.41) is 5.31. The zero-order valence-corrected chi connectivity index (χ0v) is 24.9. The Hall–Kier alpha value is -1.55. The molecule has 0 spiro atoms. The molecule has 0 unspecified atom stereocenters. The third-order valence-electron chi connectivity index (χ3n) is 5.53. The molecule has 0 nitrogen and oxygen atoms in total. The van der Waals surface area contributed by atoms with Gasteiger partial charge in [-0.3, -0.25) is 0 Å². The van der Waals surface area contributed by atoms with Crippen molar-refractivity contribution in [1.29, 1.82) is 0 Å². The molecule has 6 rings (SSSR count). The Kier molecular flexibility index (Phi) is 13.2. The maximum absolute atomic E-state index is 2.18. The normalized spacial score (nSPS) is 9.41. The van der Waals surface area contributed by atoms with E-state index in [0.29, 0.717) is 0 Å². The van der Waals surface area contributed by atoms with Crippen LogP contribution in [0.2, 0.25) is 0 Å². The summed E-state index contributed by atoms with van der Waals surface area (Å²) in [6.45, 7) is 0. The zero-order valence-electron chi connectivity index (χ0n) is 18.5. The van der Waals surface area contributed by atoms with Gasteiger partial charge in [-0.1, -0.05) is 83.9 Å². The summed E-state index contributed by atoms with van der Waals surface area (Å²) < 4.78 is 0. The van der Waals surface area contributed by atoms with Gasteiger partial charge in [0.15, 0.2) is 0 Å². The summed E-state index contributed by atoms with van der Waals surface area (Å²) in [6.07, 6.45) is 0. The van der Waals surface area contributed by atoms with Crippen molar-refractivity contribution in [3.05, 3.63) is 133 Å². The molecule has 0 bridgehead atoms. The van der Waals surface area contributed by atoms with Crippen LogP contribution in [0.25, 0.3) is 43.8 Å². The van der Waals surface area contributed by atoms with E-state index in [0.717, 1.165) is 0 Å². The zero-order chi connectivity index (χ0) is 20.2. The SMILES string of the molecule is [Cl-].[Cl-].[Zr+2].[Zr+2].c1ccc(-c2cccc3[cH-]ccc23)cc1.c1ccc(-c2cccc3[cH-]ccc23)cc1. The molecule has 0 aliphatic heterocycles. The number of rotatable bonds is 2. The van der Waals surface area contributed by atoms with E-state index in [4.69, 9.17) is 0 Å². The molecule has 0 N–H and O–H groups in total. The van der Waals surface area contributed by atoms with Gasteiger partial charge in [-0.15, -0.1) is 57.9 Å². The first-order chi connectivity index (χ1) is 14.9. The molecule has 0 saturated heterocycles. The van der Waals surface area contributed by atoms with Crippen LogP contribution >= 0.6 is 0 Å². The van der Waals surface area contributed by atoms with E-state index >= 15 is 0 Å². The number of halogens is 2. The van der Waals surface area contributed by atoms with Gasteiger partial charge in [0.1, 0.15) is 0 Å². The molecule has 6 aromatic carbocycles. The smallest absolute Gasteiger partial charge is 1.00 e. The van der Waals surface area contributed by atoms with Crippen molar-refractivity contribution in [2.75, 3.05) is 0 Å². The standard InChI is InChI=1S/2C15H11.2ClH.2Zr/c2*1-2-6-12(7-3-1)14-10-4-8-13-9-5-11-15(13)14;;;;/h2*1-11H;2*1H;;/q2*-1;;;2*+2/p-2. The van der Waals surface area contributed by atoms with Crippen LogP contribution in [0.15, 0.2) is 133 Å². The Morgan fingerprint density at radius 1 is 0.382 bits per heavy atom. The summed E-state index contributed by atoms with van der Waals surface area (Å²) in [6, 6.07) is 46.8. The van der Waals surface area contributed by atoms with Crippen molar-refractivity contribution in [2.45, 2.75) is 0 Å². The first kappa shape index (κ1) is 30.5. The molecule has 0 heterocycles. The summed E-state index contributed by atoms with van der Waals surface area (Å²) in [4.78, 5) is 0. The van der Waals surface area contributed by atoms with Crippen molar-refractivity contribution < 1.29 is 77.2 Å². The fourth-order valence-corrected chi connectivity index (χ4v) is 4.06. The summed E-state index contributed by atoms with van der Waals surface area (Å²) in [7, 11) is 0. The molecular weight excluding hydrogens is 614 g/mol. The van der Waals surface area contributed by atoms with Crippen LogP contribution in [0.4, 0.5) is 0 Å². The monoisotopic (exact) mass is 632 g/mol. The molecule has 6 aromatic rings. The van der Waals surface area contributed by atoms with Crippen molar-refractivity contribution in [3.8, 4) is 22.3 Å². The number of hydrogen-bond acceptors (Lipinski definition) is 0. The Morgan fingerprint density at radius 3 is 1.15 bits per heavy atom. The first-order valence-corrected chi connectivity index (χ1v) is 10.3. The molecule has 0 aromatic heterocycles. The van der Waals surface area contributed by atoms with Crippen molar-refractivity contribution in [2.24, 2.45) is 0 Å². The van der Waals surface area contributed by atoms with Crippen LogP contribution in [-0.4, -0.2) is 0 Å². The fraction of sp³-hybridized carbons (Fsp3) is 0. The van der Waals surface area contributed by atoms with E-state index in [-0.39, 0.29) is 77.2 Å². The molecule has 0 fully saturated rings. The van der Waals surface area contributed by atoms with E-state index < -0.39 is 0 Å². The van der Waals surface area contributed by atoms with Gasteiger partial charge in [-0.05, 0) is 11.1 Å².